The first-order chi connectivity index (χ1) is 4.97. The average molecular weight is 170 g/mol. The summed E-state index contributed by atoms with van der Waals surface area (Å²) >= 11 is 0. The van der Waals surface area contributed by atoms with Crippen molar-refractivity contribution in [2.75, 3.05) is 19.9 Å². The second-order valence-electron chi connectivity index (χ2n) is 2.64. The van der Waals surface area contributed by atoms with Gasteiger partial charge in [-0.3, -0.25) is 4.39 Å². The summed E-state index contributed by atoms with van der Waals surface area (Å²) in [5, 5.41) is 15.9. The van der Waals surface area contributed by atoms with Crippen LogP contribution in [0.5, 0.6) is 0 Å². The zero-order chi connectivity index (χ0) is 9.33. The molecule has 0 fully saturated rings. The van der Waals surface area contributed by atoms with E-state index in [2.05, 4.69) is 0 Å². The standard InChI is InChI=1S/C4H9FO.C3H7FO/c1-4(2,5)3-6;4-2-1-3-5/h6H,3H2,1-2H3;5H,1-3H2. The van der Waals surface area contributed by atoms with Gasteiger partial charge < -0.3 is 10.2 Å². The summed E-state index contributed by atoms with van der Waals surface area (Å²) < 4.78 is 22.7. The highest BCUT2D eigenvalue weighted by molar-refractivity contribution is 4.60. The van der Waals surface area contributed by atoms with Crippen LogP contribution in [0.25, 0.3) is 0 Å². The van der Waals surface area contributed by atoms with E-state index in [-0.39, 0.29) is 13.0 Å². The first-order valence-electron chi connectivity index (χ1n) is 3.44. The second kappa shape index (κ2) is 7.88. The van der Waals surface area contributed by atoms with Crippen LogP contribution in [0, 0.1) is 0 Å². The van der Waals surface area contributed by atoms with Gasteiger partial charge in [0.05, 0.1) is 13.3 Å². The molecular formula is C7H16F2O2. The number of hydrogen-bond acceptors (Lipinski definition) is 2. The monoisotopic (exact) mass is 170 g/mol. The Bertz CT molecular complexity index is 69.3. The van der Waals surface area contributed by atoms with Crippen molar-refractivity contribution in [3.05, 3.63) is 0 Å². The van der Waals surface area contributed by atoms with Gasteiger partial charge in [-0.05, 0) is 20.3 Å². The topological polar surface area (TPSA) is 40.5 Å². The Morgan fingerprint density at radius 1 is 1.27 bits per heavy atom. The largest absolute Gasteiger partial charge is 0.396 e. The number of aliphatic hydroxyl groups excluding tert-OH is 2. The number of alkyl halides is 2. The summed E-state index contributed by atoms with van der Waals surface area (Å²) in [6, 6.07) is 0. The fourth-order valence-corrected chi connectivity index (χ4v) is 0.0598. The molecule has 0 saturated heterocycles. The lowest BCUT2D eigenvalue weighted by Crippen LogP contribution is -2.16. The van der Waals surface area contributed by atoms with E-state index in [9.17, 15) is 8.78 Å². The molecule has 0 aliphatic carbocycles. The van der Waals surface area contributed by atoms with Gasteiger partial charge in [-0.1, -0.05) is 0 Å². The van der Waals surface area contributed by atoms with Gasteiger partial charge in [-0.15, -0.1) is 0 Å². The van der Waals surface area contributed by atoms with Gasteiger partial charge in [0.2, 0.25) is 0 Å². The Labute approximate surface area is 65.9 Å². The molecule has 0 aliphatic heterocycles. The Morgan fingerprint density at radius 3 is 1.64 bits per heavy atom. The lowest BCUT2D eigenvalue weighted by Gasteiger charge is -2.06. The SMILES string of the molecule is CC(C)(F)CO.OCCCF. The third-order valence-electron chi connectivity index (χ3n) is 0.668. The van der Waals surface area contributed by atoms with E-state index < -0.39 is 19.0 Å². The predicted molar refractivity (Wildman–Crippen MR) is 40.0 cm³/mol. The smallest absolute Gasteiger partial charge is 0.128 e. The molecule has 11 heavy (non-hydrogen) atoms. The summed E-state index contributed by atoms with van der Waals surface area (Å²) in [4.78, 5) is 0. The van der Waals surface area contributed by atoms with Gasteiger partial charge in [-0.25, -0.2) is 4.39 Å². The molecule has 0 amide bonds. The maximum Gasteiger partial charge on any atom is 0.128 e. The molecular weight excluding hydrogens is 154 g/mol. The molecule has 0 atom stereocenters. The van der Waals surface area contributed by atoms with Crippen LogP contribution < -0.4 is 0 Å². The fourth-order valence-electron chi connectivity index (χ4n) is 0.0598. The Morgan fingerprint density at radius 2 is 1.64 bits per heavy atom. The zero-order valence-electron chi connectivity index (χ0n) is 6.98. The summed E-state index contributed by atoms with van der Waals surface area (Å²) in [6.07, 6.45) is 0.278. The predicted octanol–water partition coefficient (Wildman–Crippen LogP) is 1.07. The van der Waals surface area contributed by atoms with E-state index in [1.165, 1.54) is 13.8 Å². The van der Waals surface area contributed by atoms with Crippen molar-refractivity contribution in [1.29, 1.82) is 0 Å². The second-order valence-corrected chi connectivity index (χ2v) is 2.64. The van der Waals surface area contributed by atoms with Crippen molar-refractivity contribution in [1.82, 2.24) is 0 Å². The molecule has 2 N–H and O–H groups in total. The number of aliphatic hydroxyl groups is 2. The van der Waals surface area contributed by atoms with Crippen molar-refractivity contribution < 1.29 is 19.0 Å². The highest BCUT2D eigenvalue weighted by atomic mass is 19.1. The average Bonchev–Trinajstić information content (AvgIpc) is 1.90. The Balaban J connectivity index is 0. The molecule has 2 nitrogen and oxygen atoms in total. The third kappa shape index (κ3) is 25.9. The number of rotatable bonds is 3. The number of hydrogen-bond donors (Lipinski definition) is 2. The van der Waals surface area contributed by atoms with Gasteiger partial charge >= 0.3 is 0 Å². The van der Waals surface area contributed by atoms with E-state index >= 15 is 0 Å². The van der Waals surface area contributed by atoms with E-state index in [1.807, 2.05) is 0 Å². The van der Waals surface area contributed by atoms with E-state index in [1.54, 1.807) is 0 Å². The first-order valence-corrected chi connectivity index (χ1v) is 3.44. The summed E-state index contributed by atoms with van der Waals surface area (Å²) in [7, 11) is 0. The molecule has 0 spiro atoms. The molecule has 0 heterocycles. The van der Waals surface area contributed by atoms with E-state index in [0.29, 0.717) is 0 Å². The summed E-state index contributed by atoms with van der Waals surface area (Å²) in [6.45, 7) is 1.82. The van der Waals surface area contributed by atoms with Crippen LogP contribution in [0.3, 0.4) is 0 Å². The normalized spacial score (nSPS) is 10.4. The molecule has 0 radical (unpaired) electrons. The Kier molecular flexibility index (Phi) is 9.58. The zero-order valence-corrected chi connectivity index (χ0v) is 6.98. The van der Waals surface area contributed by atoms with Gasteiger partial charge in [0, 0.05) is 6.61 Å². The van der Waals surface area contributed by atoms with Crippen LogP contribution in [-0.4, -0.2) is 35.8 Å². The molecule has 0 aliphatic rings. The molecule has 0 rings (SSSR count). The van der Waals surface area contributed by atoms with Gasteiger partial charge in [-0.2, -0.15) is 0 Å². The molecule has 0 aromatic rings. The number of halogens is 2. The third-order valence-corrected chi connectivity index (χ3v) is 0.668. The highest BCUT2D eigenvalue weighted by Gasteiger charge is 2.11. The molecule has 0 aromatic carbocycles. The summed E-state index contributed by atoms with van der Waals surface area (Å²) in [5.74, 6) is 0. The Hall–Kier alpha value is -0.220. The van der Waals surface area contributed by atoms with Gasteiger partial charge in [0.15, 0.2) is 0 Å². The maximum absolute atomic E-state index is 11.9. The van der Waals surface area contributed by atoms with Crippen molar-refractivity contribution in [2.45, 2.75) is 25.9 Å². The van der Waals surface area contributed by atoms with Gasteiger partial charge in [0.25, 0.3) is 0 Å². The lowest BCUT2D eigenvalue weighted by molar-refractivity contribution is 0.106. The highest BCUT2D eigenvalue weighted by Crippen LogP contribution is 2.03. The quantitative estimate of drug-likeness (QED) is 0.665. The molecule has 0 aromatic heterocycles. The molecule has 0 saturated carbocycles. The van der Waals surface area contributed by atoms with Crippen LogP contribution in [0.2, 0.25) is 0 Å². The first kappa shape index (κ1) is 13.4. The van der Waals surface area contributed by atoms with E-state index in [4.69, 9.17) is 10.2 Å². The lowest BCUT2D eigenvalue weighted by atomic mass is 10.2. The minimum Gasteiger partial charge on any atom is -0.396 e. The fraction of sp³-hybridized carbons (Fsp3) is 1.00. The van der Waals surface area contributed by atoms with Crippen molar-refractivity contribution in [3.63, 3.8) is 0 Å². The van der Waals surface area contributed by atoms with Crippen LogP contribution in [0.15, 0.2) is 0 Å². The minimum absolute atomic E-state index is 0.0312. The van der Waals surface area contributed by atoms with Crippen molar-refractivity contribution >= 4 is 0 Å². The van der Waals surface area contributed by atoms with Gasteiger partial charge in [0.1, 0.15) is 5.67 Å². The van der Waals surface area contributed by atoms with Crippen LogP contribution in [0.1, 0.15) is 20.3 Å². The maximum atomic E-state index is 11.9. The van der Waals surface area contributed by atoms with Crippen molar-refractivity contribution in [2.24, 2.45) is 0 Å². The molecule has 0 bridgehead atoms. The molecule has 0 unspecified atom stereocenters. The minimum atomic E-state index is -1.40. The summed E-state index contributed by atoms with van der Waals surface area (Å²) in [5.41, 5.74) is -1.40. The van der Waals surface area contributed by atoms with Crippen LogP contribution >= 0.6 is 0 Å². The van der Waals surface area contributed by atoms with E-state index in [0.717, 1.165) is 0 Å². The van der Waals surface area contributed by atoms with Crippen molar-refractivity contribution in [3.8, 4) is 0 Å². The molecule has 4 heteroatoms. The van der Waals surface area contributed by atoms with Crippen LogP contribution in [-0.2, 0) is 0 Å². The molecule has 70 valence electrons. The van der Waals surface area contributed by atoms with Crippen LogP contribution in [0.4, 0.5) is 8.78 Å².